The molecule has 4 rings (SSSR count). The number of aromatic nitrogens is 1. The first-order chi connectivity index (χ1) is 16.4. The number of fused-ring (bicyclic) bond motifs is 1. The summed E-state index contributed by atoms with van der Waals surface area (Å²) in [5.41, 5.74) is 3.46. The molecule has 0 unspecified atom stereocenters. The summed E-state index contributed by atoms with van der Waals surface area (Å²) >= 11 is 7.23. The van der Waals surface area contributed by atoms with Crippen molar-refractivity contribution in [3.63, 3.8) is 0 Å². The van der Waals surface area contributed by atoms with Gasteiger partial charge in [-0.15, -0.1) is 0 Å². The topological polar surface area (TPSA) is 110 Å². The largest absolute Gasteiger partial charge is 0.507 e. The van der Waals surface area contributed by atoms with Crippen molar-refractivity contribution in [1.29, 1.82) is 0 Å². The van der Waals surface area contributed by atoms with Gasteiger partial charge in [-0.1, -0.05) is 59.3 Å². The van der Waals surface area contributed by atoms with Crippen molar-refractivity contribution in [2.75, 3.05) is 7.11 Å². The van der Waals surface area contributed by atoms with Gasteiger partial charge < -0.3 is 9.84 Å². The van der Waals surface area contributed by atoms with Crippen LogP contribution in [-0.4, -0.2) is 34.9 Å². The number of hydrogen-bond donors (Lipinski definition) is 2. The molecule has 1 heterocycles. The lowest BCUT2D eigenvalue weighted by molar-refractivity contribution is 0.0600. The lowest BCUT2D eigenvalue weighted by atomic mass is 10.1. The molecule has 0 bridgehead atoms. The van der Waals surface area contributed by atoms with Crippen molar-refractivity contribution < 1.29 is 19.4 Å². The number of esters is 1. The minimum atomic E-state index is -0.609. The molecule has 1 aromatic heterocycles. The van der Waals surface area contributed by atoms with Gasteiger partial charge >= 0.3 is 10.8 Å². The van der Waals surface area contributed by atoms with Gasteiger partial charge in [0.15, 0.2) is 0 Å². The molecule has 0 radical (unpaired) electrons. The molecule has 0 spiro atoms. The smallest absolute Gasteiger partial charge is 0.337 e. The summed E-state index contributed by atoms with van der Waals surface area (Å²) in [4.78, 5) is 36.7. The predicted octanol–water partition coefficient (Wildman–Crippen LogP) is 4.02. The Balaban J connectivity index is 1.50. The van der Waals surface area contributed by atoms with Crippen LogP contribution in [0.2, 0.25) is 5.15 Å². The van der Waals surface area contributed by atoms with Crippen molar-refractivity contribution >= 4 is 51.8 Å². The number of benzene rings is 3. The van der Waals surface area contributed by atoms with Crippen LogP contribution in [0.3, 0.4) is 0 Å². The van der Waals surface area contributed by atoms with Crippen LogP contribution < -0.4 is 10.3 Å². The number of halogens is 1. The van der Waals surface area contributed by atoms with Crippen LogP contribution in [0, 0.1) is 0 Å². The second-order valence-corrected chi connectivity index (χ2v) is 8.57. The summed E-state index contributed by atoms with van der Waals surface area (Å²) in [6.45, 7) is 0.143. The lowest BCUT2D eigenvalue weighted by Crippen LogP contribution is -2.17. The molecule has 0 aliphatic heterocycles. The van der Waals surface area contributed by atoms with Crippen LogP contribution in [0.4, 0.5) is 0 Å². The summed E-state index contributed by atoms with van der Waals surface area (Å²) in [6.07, 6.45) is 1.27. The highest BCUT2D eigenvalue weighted by atomic mass is 35.5. The molecule has 4 aromatic rings. The van der Waals surface area contributed by atoms with Gasteiger partial charge in [0.25, 0.3) is 5.91 Å². The van der Waals surface area contributed by atoms with Crippen LogP contribution >= 0.6 is 22.9 Å². The Morgan fingerprint density at radius 3 is 2.62 bits per heavy atom. The minimum Gasteiger partial charge on any atom is -0.507 e. The van der Waals surface area contributed by atoms with E-state index in [0.717, 1.165) is 22.1 Å². The number of hydrazone groups is 1. The van der Waals surface area contributed by atoms with E-state index >= 15 is 0 Å². The van der Waals surface area contributed by atoms with Crippen LogP contribution in [0.5, 0.6) is 5.75 Å². The predicted molar refractivity (Wildman–Crippen MR) is 131 cm³/mol. The van der Waals surface area contributed by atoms with Gasteiger partial charge in [0.1, 0.15) is 10.9 Å². The van der Waals surface area contributed by atoms with E-state index in [1.54, 1.807) is 30.3 Å². The molecular formula is C24H18ClN3O5S. The highest BCUT2D eigenvalue weighted by Gasteiger charge is 2.15. The van der Waals surface area contributed by atoms with Gasteiger partial charge in [0.2, 0.25) is 0 Å². The summed E-state index contributed by atoms with van der Waals surface area (Å²) in [7, 11) is 1.29. The highest BCUT2D eigenvalue weighted by molar-refractivity contribution is 7.11. The fourth-order valence-electron chi connectivity index (χ4n) is 3.33. The molecule has 1 amide bonds. The Bertz CT molecular complexity index is 1490. The Hall–Kier alpha value is -3.95. The highest BCUT2D eigenvalue weighted by Crippen LogP contribution is 2.25. The van der Waals surface area contributed by atoms with E-state index in [0.29, 0.717) is 16.0 Å². The number of nitrogens with zero attached hydrogens (tertiary/aromatic N) is 2. The van der Waals surface area contributed by atoms with E-state index in [2.05, 4.69) is 10.5 Å². The second-order valence-electron chi connectivity index (χ2n) is 7.22. The average Bonchev–Trinajstić information content (AvgIpc) is 3.10. The molecule has 0 aliphatic rings. The number of phenols is 1. The summed E-state index contributed by atoms with van der Waals surface area (Å²) in [6, 6.07) is 17.1. The zero-order chi connectivity index (χ0) is 24.2. The van der Waals surface area contributed by atoms with Crippen LogP contribution in [0.15, 0.2) is 70.6 Å². The van der Waals surface area contributed by atoms with Crippen LogP contribution in [0.25, 0.3) is 10.8 Å². The van der Waals surface area contributed by atoms with E-state index in [-0.39, 0.29) is 27.9 Å². The molecule has 172 valence electrons. The molecule has 0 aliphatic carbocycles. The number of ether oxygens (including phenoxy) is 1. The van der Waals surface area contributed by atoms with Gasteiger partial charge in [-0.25, -0.2) is 10.2 Å². The van der Waals surface area contributed by atoms with E-state index in [1.165, 1.54) is 24.0 Å². The zero-order valence-corrected chi connectivity index (χ0v) is 19.4. The van der Waals surface area contributed by atoms with E-state index in [4.69, 9.17) is 16.3 Å². The number of carbonyl (C=O) groups excluding carboxylic acids is 2. The van der Waals surface area contributed by atoms with Crippen molar-refractivity contribution in [3.8, 4) is 5.75 Å². The Morgan fingerprint density at radius 1 is 1.15 bits per heavy atom. The standard InChI is InChI=1S/C24H18ClN3O5S/c1-33-23(31)17-8-4-5-14(9-17)13-28-21(25)20(34-24(28)32)12-26-27-22(30)18-10-15-6-2-3-7-16(15)11-19(18)29/h2-12,29H,13H2,1H3,(H,27,30)/b26-12+. The van der Waals surface area contributed by atoms with E-state index in [9.17, 15) is 19.5 Å². The fraction of sp³-hybridized carbons (Fsp3) is 0.0833. The summed E-state index contributed by atoms with van der Waals surface area (Å²) < 4.78 is 6.05. The fourth-order valence-corrected chi connectivity index (χ4v) is 4.44. The number of rotatable bonds is 6. The molecule has 10 heteroatoms. The normalized spacial score (nSPS) is 11.1. The maximum absolute atomic E-state index is 12.5. The number of thiazole rings is 1. The summed E-state index contributed by atoms with van der Waals surface area (Å²) in [5.74, 6) is -1.26. The van der Waals surface area contributed by atoms with Gasteiger partial charge in [-0.3, -0.25) is 14.2 Å². The number of nitrogens with one attached hydrogen (secondary N) is 1. The Labute approximate surface area is 202 Å². The molecule has 3 aromatic carbocycles. The first-order valence-electron chi connectivity index (χ1n) is 9.99. The molecule has 8 nitrogen and oxygen atoms in total. The maximum atomic E-state index is 12.5. The number of amides is 1. The Morgan fingerprint density at radius 2 is 1.88 bits per heavy atom. The molecule has 34 heavy (non-hydrogen) atoms. The molecule has 0 fully saturated rings. The van der Waals surface area contributed by atoms with Crippen molar-refractivity contribution in [1.82, 2.24) is 9.99 Å². The molecule has 0 saturated carbocycles. The number of phenolic OH excluding ortho intramolecular Hbond substituents is 1. The maximum Gasteiger partial charge on any atom is 0.337 e. The van der Waals surface area contributed by atoms with Gasteiger partial charge in [-0.2, -0.15) is 5.10 Å². The lowest BCUT2D eigenvalue weighted by Gasteiger charge is -2.06. The average molecular weight is 496 g/mol. The van der Waals surface area contributed by atoms with Crippen LogP contribution in [0.1, 0.15) is 31.2 Å². The number of aromatic hydroxyl groups is 1. The number of methoxy groups -OCH3 is 1. The van der Waals surface area contributed by atoms with Crippen LogP contribution in [-0.2, 0) is 11.3 Å². The van der Waals surface area contributed by atoms with Crippen molar-refractivity contribution in [2.45, 2.75) is 6.54 Å². The minimum absolute atomic E-state index is 0.0678. The SMILES string of the molecule is COC(=O)c1cccc(Cn2c(Cl)c(/C=N/NC(=O)c3cc4ccccc4cc3O)sc2=O)c1. The number of carbonyl (C=O) groups is 2. The monoisotopic (exact) mass is 495 g/mol. The van der Waals surface area contributed by atoms with Gasteiger partial charge in [0.05, 0.1) is 35.9 Å². The molecular weight excluding hydrogens is 478 g/mol. The molecule has 2 N–H and O–H groups in total. The molecule has 0 saturated heterocycles. The second kappa shape index (κ2) is 9.90. The van der Waals surface area contributed by atoms with E-state index < -0.39 is 11.9 Å². The quantitative estimate of drug-likeness (QED) is 0.238. The van der Waals surface area contributed by atoms with Crippen molar-refractivity contribution in [2.24, 2.45) is 5.10 Å². The summed E-state index contributed by atoms with van der Waals surface area (Å²) in [5, 5.41) is 15.8. The zero-order valence-electron chi connectivity index (χ0n) is 17.8. The van der Waals surface area contributed by atoms with Crippen molar-refractivity contribution in [3.05, 3.63) is 97.1 Å². The number of hydrogen-bond acceptors (Lipinski definition) is 7. The van der Waals surface area contributed by atoms with Gasteiger partial charge in [-0.05, 0) is 40.6 Å². The van der Waals surface area contributed by atoms with E-state index in [1.807, 2.05) is 24.3 Å². The third kappa shape index (κ3) is 4.85. The third-order valence-corrected chi connectivity index (χ3v) is 6.44. The molecule has 0 atom stereocenters. The first kappa shape index (κ1) is 23.2. The van der Waals surface area contributed by atoms with Gasteiger partial charge in [0, 0.05) is 0 Å². The third-order valence-electron chi connectivity index (χ3n) is 5.00. The Kier molecular flexibility index (Phi) is 6.76. The first-order valence-corrected chi connectivity index (χ1v) is 11.2.